The van der Waals surface area contributed by atoms with Crippen LogP contribution >= 0.6 is 38.6 Å². The lowest BCUT2D eigenvalue weighted by Gasteiger charge is -2.04. The summed E-state index contributed by atoms with van der Waals surface area (Å²) in [6.07, 6.45) is 0. The largest absolute Gasteiger partial charge is 0.494 e. The number of carbonyl (C=O) groups is 1. The zero-order valence-corrected chi connectivity index (χ0v) is 15.4. The van der Waals surface area contributed by atoms with Gasteiger partial charge in [0.15, 0.2) is 5.13 Å². The molecule has 0 unspecified atom stereocenters. The van der Waals surface area contributed by atoms with E-state index < -0.39 is 0 Å². The minimum absolute atomic E-state index is 0.179. The van der Waals surface area contributed by atoms with Crippen LogP contribution in [0.25, 0.3) is 10.6 Å². The highest BCUT2D eigenvalue weighted by atomic mass is 79.9. The number of carbonyl (C=O) groups excluding carboxylic acids is 1. The lowest BCUT2D eigenvalue weighted by Crippen LogP contribution is -2.11. The zero-order chi connectivity index (χ0) is 16.2. The SMILES string of the molecule is CCOc1ccc(C(=O)Nc2nc(-c3ccc(Br)s3)cs2)cc1. The Morgan fingerprint density at radius 1 is 1.26 bits per heavy atom. The van der Waals surface area contributed by atoms with Crippen LogP contribution in [0.5, 0.6) is 5.75 Å². The van der Waals surface area contributed by atoms with Crippen LogP contribution in [0.15, 0.2) is 45.6 Å². The summed E-state index contributed by atoms with van der Waals surface area (Å²) in [6.45, 7) is 2.53. The number of thiophene rings is 1. The van der Waals surface area contributed by atoms with Crippen LogP contribution in [-0.4, -0.2) is 17.5 Å². The number of amides is 1. The van der Waals surface area contributed by atoms with Gasteiger partial charge in [0.1, 0.15) is 5.75 Å². The third kappa shape index (κ3) is 3.99. The van der Waals surface area contributed by atoms with Gasteiger partial charge in [0, 0.05) is 10.9 Å². The molecule has 0 saturated heterocycles. The summed E-state index contributed by atoms with van der Waals surface area (Å²) < 4.78 is 6.42. The average molecular weight is 409 g/mol. The van der Waals surface area contributed by atoms with E-state index in [1.54, 1.807) is 35.6 Å². The molecule has 0 aliphatic heterocycles. The maximum absolute atomic E-state index is 12.2. The van der Waals surface area contributed by atoms with Gasteiger partial charge in [-0.2, -0.15) is 0 Å². The van der Waals surface area contributed by atoms with E-state index in [0.29, 0.717) is 17.3 Å². The molecule has 0 saturated carbocycles. The number of thiazole rings is 1. The van der Waals surface area contributed by atoms with E-state index >= 15 is 0 Å². The maximum atomic E-state index is 12.2. The highest BCUT2D eigenvalue weighted by Gasteiger charge is 2.11. The molecule has 23 heavy (non-hydrogen) atoms. The van der Waals surface area contributed by atoms with E-state index in [4.69, 9.17) is 4.74 Å². The van der Waals surface area contributed by atoms with Crippen LogP contribution in [0.3, 0.4) is 0 Å². The number of halogens is 1. The molecule has 7 heteroatoms. The van der Waals surface area contributed by atoms with Crippen LogP contribution in [0.1, 0.15) is 17.3 Å². The highest BCUT2D eigenvalue weighted by molar-refractivity contribution is 9.11. The van der Waals surface area contributed by atoms with E-state index in [-0.39, 0.29) is 5.91 Å². The molecule has 118 valence electrons. The summed E-state index contributed by atoms with van der Waals surface area (Å²) in [7, 11) is 0. The van der Waals surface area contributed by atoms with Crippen molar-refractivity contribution in [2.75, 3.05) is 11.9 Å². The number of benzene rings is 1. The smallest absolute Gasteiger partial charge is 0.257 e. The Hall–Kier alpha value is -1.70. The predicted octanol–water partition coefficient (Wildman–Crippen LogP) is 5.29. The van der Waals surface area contributed by atoms with Gasteiger partial charge in [0.05, 0.1) is 21.0 Å². The van der Waals surface area contributed by atoms with Crippen molar-refractivity contribution < 1.29 is 9.53 Å². The van der Waals surface area contributed by atoms with Gasteiger partial charge in [-0.1, -0.05) is 0 Å². The Morgan fingerprint density at radius 2 is 2.04 bits per heavy atom. The molecule has 0 fully saturated rings. The second-order valence-electron chi connectivity index (χ2n) is 4.55. The highest BCUT2D eigenvalue weighted by Crippen LogP contribution is 2.33. The first kappa shape index (κ1) is 16.2. The van der Waals surface area contributed by atoms with Crippen LogP contribution in [0.2, 0.25) is 0 Å². The summed E-state index contributed by atoms with van der Waals surface area (Å²) in [4.78, 5) is 17.8. The topological polar surface area (TPSA) is 51.2 Å². The first-order valence-corrected chi connectivity index (χ1v) is 9.40. The molecule has 2 aromatic heterocycles. The Bertz CT molecular complexity index is 812. The normalized spacial score (nSPS) is 10.5. The van der Waals surface area contributed by atoms with Gasteiger partial charge in [-0.05, 0) is 59.3 Å². The number of hydrogen-bond donors (Lipinski definition) is 1. The van der Waals surface area contributed by atoms with Gasteiger partial charge < -0.3 is 4.74 Å². The summed E-state index contributed by atoms with van der Waals surface area (Å²) in [5.41, 5.74) is 1.44. The molecule has 0 atom stereocenters. The summed E-state index contributed by atoms with van der Waals surface area (Å²) >= 11 is 6.46. The molecular formula is C16H13BrN2O2S2. The van der Waals surface area contributed by atoms with Crippen molar-refractivity contribution in [2.45, 2.75) is 6.92 Å². The lowest BCUT2D eigenvalue weighted by molar-refractivity contribution is 0.102. The summed E-state index contributed by atoms with van der Waals surface area (Å²) in [5.74, 6) is 0.574. The molecule has 0 radical (unpaired) electrons. The molecule has 0 aliphatic rings. The van der Waals surface area contributed by atoms with E-state index in [1.807, 2.05) is 24.4 Å². The Morgan fingerprint density at radius 3 is 2.70 bits per heavy atom. The molecule has 3 rings (SSSR count). The van der Waals surface area contributed by atoms with E-state index in [0.717, 1.165) is 20.1 Å². The Labute approximate surface area is 150 Å². The van der Waals surface area contributed by atoms with Crippen LogP contribution < -0.4 is 10.1 Å². The number of ether oxygens (including phenoxy) is 1. The number of rotatable bonds is 5. The number of nitrogens with one attached hydrogen (secondary N) is 1. The molecule has 1 N–H and O–H groups in total. The van der Waals surface area contributed by atoms with Crippen molar-refractivity contribution in [3.05, 3.63) is 51.1 Å². The molecule has 0 bridgehead atoms. The molecule has 1 amide bonds. The molecule has 0 spiro atoms. The number of hydrogen-bond acceptors (Lipinski definition) is 5. The minimum atomic E-state index is -0.179. The summed E-state index contributed by atoms with van der Waals surface area (Å²) in [6, 6.07) is 11.0. The van der Waals surface area contributed by atoms with Crippen molar-refractivity contribution >= 4 is 49.6 Å². The fraction of sp³-hybridized carbons (Fsp3) is 0.125. The van der Waals surface area contributed by atoms with E-state index in [9.17, 15) is 4.79 Å². The lowest BCUT2D eigenvalue weighted by atomic mass is 10.2. The van der Waals surface area contributed by atoms with Crippen molar-refractivity contribution in [3.63, 3.8) is 0 Å². The molecule has 2 heterocycles. The standard InChI is InChI=1S/C16H13BrN2O2S2/c1-2-21-11-5-3-10(4-6-11)15(20)19-16-18-12(9-22-16)13-7-8-14(17)23-13/h3-9H,2H2,1H3,(H,18,19,20). The van der Waals surface area contributed by atoms with Crippen molar-refractivity contribution in [3.8, 4) is 16.3 Å². The van der Waals surface area contributed by atoms with Crippen molar-refractivity contribution in [2.24, 2.45) is 0 Å². The number of aromatic nitrogens is 1. The van der Waals surface area contributed by atoms with Gasteiger partial charge in [0.2, 0.25) is 0 Å². The van der Waals surface area contributed by atoms with Gasteiger partial charge in [-0.3, -0.25) is 10.1 Å². The first-order valence-electron chi connectivity index (χ1n) is 6.91. The summed E-state index contributed by atoms with van der Waals surface area (Å²) in [5, 5.41) is 5.35. The molecule has 3 aromatic rings. The van der Waals surface area contributed by atoms with Crippen molar-refractivity contribution in [1.29, 1.82) is 0 Å². The maximum Gasteiger partial charge on any atom is 0.257 e. The fourth-order valence-corrected chi connectivity index (χ4v) is 4.06. The second kappa shape index (κ2) is 7.25. The first-order chi connectivity index (χ1) is 11.2. The molecular weight excluding hydrogens is 396 g/mol. The van der Waals surface area contributed by atoms with Gasteiger partial charge in [0.25, 0.3) is 5.91 Å². The van der Waals surface area contributed by atoms with Crippen molar-refractivity contribution in [1.82, 2.24) is 4.98 Å². The Balaban J connectivity index is 1.69. The van der Waals surface area contributed by atoms with Crippen LogP contribution in [0.4, 0.5) is 5.13 Å². The molecule has 4 nitrogen and oxygen atoms in total. The van der Waals surface area contributed by atoms with Gasteiger partial charge >= 0.3 is 0 Å². The Kier molecular flexibility index (Phi) is 5.09. The average Bonchev–Trinajstić information content (AvgIpc) is 3.17. The van der Waals surface area contributed by atoms with Gasteiger partial charge in [-0.15, -0.1) is 22.7 Å². The third-order valence-electron chi connectivity index (χ3n) is 2.98. The fourth-order valence-electron chi connectivity index (χ4n) is 1.93. The predicted molar refractivity (Wildman–Crippen MR) is 98.7 cm³/mol. The minimum Gasteiger partial charge on any atom is -0.494 e. The van der Waals surface area contributed by atoms with Crippen LogP contribution in [-0.2, 0) is 0 Å². The molecule has 1 aromatic carbocycles. The number of nitrogens with zero attached hydrogens (tertiary/aromatic N) is 1. The van der Waals surface area contributed by atoms with Gasteiger partial charge in [-0.25, -0.2) is 4.98 Å². The molecule has 0 aliphatic carbocycles. The van der Waals surface area contributed by atoms with Crippen LogP contribution in [0, 0.1) is 0 Å². The zero-order valence-electron chi connectivity index (χ0n) is 12.2. The quantitative estimate of drug-likeness (QED) is 0.624. The number of anilines is 1. The van der Waals surface area contributed by atoms with E-state index in [2.05, 4.69) is 26.2 Å². The second-order valence-corrected chi connectivity index (χ2v) is 7.87. The monoisotopic (exact) mass is 408 g/mol. The third-order valence-corrected chi connectivity index (χ3v) is 5.38. The van der Waals surface area contributed by atoms with E-state index in [1.165, 1.54) is 11.3 Å².